The van der Waals surface area contributed by atoms with Crippen molar-refractivity contribution in [2.24, 2.45) is 0 Å². The number of carbonyl (C=O) groups excluding carboxylic acids is 1. The molecule has 25 heavy (non-hydrogen) atoms. The Kier molecular flexibility index (Phi) is 4.35. The molecule has 0 atom stereocenters. The number of amides is 2. The molecule has 0 radical (unpaired) electrons. The van der Waals surface area contributed by atoms with E-state index < -0.39 is 0 Å². The summed E-state index contributed by atoms with van der Waals surface area (Å²) in [6.07, 6.45) is 3.92. The molecule has 130 valence electrons. The van der Waals surface area contributed by atoms with Crippen LogP contribution < -0.4 is 10.1 Å². The molecule has 1 saturated heterocycles. The molecule has 2 aromatic carbocycles. The fraction of sp³-hybridized carbons (Fsp3) is 0.381. The van der Waals surface area contributed by atoms with Crippen molar-refractivity contribution >= 4 is 6.03 Å². The summed E-state index contributed by atoms with van der Waals surface area (Å²) in [5.74, 6) is 1.02. The first-order valence-corrected chi connectivity index (χ1v) is 9.08. The highest BCUT2D eigenvalue weighted by molar-refractivity contribution is 5.74. The third-order valence-corrected chi connectivity index (χ3v) is 5.40. The highest BCUT2D eigenvalue weighted by Crippen LogP contribution is 2.39. The van der Waals surface area contributed by atoms with E-state index in [1.807, 2.05) is 41.3 Å². The standard InChI is InChI=1S/C21H24N2O2/c24-20(22-16-17-6-2-1-3-7-17)23-14-12-21(13-15-23)11-10-18-8-4-5-9-19(18)25-21/h1-9H,10-16H2,(H,22,24). The maximum absolute atomic E-state index is 12.4. The number of likely N-dealkylation sites (tertiary alicyclic amines) is 1. The number of rotatable bonds is 2. The lowest BCUT2D eigenvalue weighted by molar-refractivity contribution is -0.00553. The monoisotopic (exact) mass is 336 g/mol. The van der Waals surface area contributed by atoms with Crippen molar-refractivity contribution in [3.8, 4) is 5.75 Å². The minimum absolute atomic E-state index is 0.0231. The second kappa shape index (κ2) is 6.79. The van der Waals surface area contributed by atoms with Gasteiger partial charge in [-0.25, -0.2) is 4.79 Å². The van der Waals surface area contributed by atoms with Gasteiger partial charge in [-0.15, -0.1) is 0 Å². The lowest BCUT2D eigenvalue weighted by Gasteiger charge is -2.44. The van der Waals surface area contributed by atoms with Crippen molar-refractivity contribution in [3.63, 3.8) is 0 Å². The lowest BCUT2D eigenvalue weighted by atomic mass is 9.83. The first kappa shape index (κ1) is 16.0. The van der Waals surface area contributed by atoms with E-state index in [0.717, 1.165) is 50.1 Å². The van der Waals surface area contributed by atoms with Crippen LogP contribution in [0, 0.1) is 0 Å². The van der Waals surface area contributed by atoms with Crippen LogP contribution >= 0.6 is 0 Å². The van der Waals surface area contributed by atoms with Gasteiger partial charge in [-0.1, -0.05) is 48.5 Å². The summed E-state index contributed by atoms with van der Waals surface area (Å²) in [7, 11) is 0. The predicted molar refractivity (Wildman–Crippen MR) is 97.6 cm³/mol. The lowest BCUT2D eigenvalue weighted by Crippen LogP contribution is -2.53. The molecule has 0 aliphatic carbocycles. The third-order valence-electron chi connectivity index (χ3n) is 5.40. The largest absolute Gasteiger partial charge is 0.487 e. The number of fused-ring (bicyclic) bond motifs is 1. The number of piperidine rings is 1. The van der Waals surface area contributed by atoms with E-state index in [-0.39, 0.29) is 11.6 Å². The number of hydrogen-bond acceptors (Lipinski definition) is 2. The maximum atomic E-state index is 12.4. The highest BCUT2D eigenvalue weighted by Gasteiger charge is 2.40. The van der Waals surface area contributed by atoms with Crippen molar-refractivity contribution in [1.82, 2.24) is 10.2 Å². The van der Waals surface area contributed by atoms with Crippen molar-refractivity contribution < 1.29 is 9.53 Å². The third kappa shape index (κ3) is 3.48. The minimum Gasteiger partial charge on any atom is -0.487 e. The van der Waals surface area contributed by atoms with E-state index in [1.165, 1.54) is 5.56 Å². The average Bonchev–Trinajstić information content (AvgIpc) is 2.67. The van der Waals surface area contributed by atoms with Crippen LogP contribution in [0.5, 0.6) is 5.75 Å². The number of aryl methyl sites for hydroxylation is 1. The number of urea groups is 1. The average molecular weight is 336 g/mol. The second-order valence-electron chi connectivity index (χ2n) is 7.02. The summed E-state index contributed by atoms with van der Waals surface area (Å²) in [6, 6.07) is 18.4. The SMILES string of the molecule is O=C(NCc1ccccc1)N1CCC2(CCc3ccccc3O2)CC1. The molecule has 2 aliphatic heterocycles. The molecule has 4 nitrogen and oxygen atoms in total. The molecule has 4 rings (SSSR count). The molecule has 4 heteroatoms. The Morgan fingerprint density at radius 2 is 1.72 bits per heavy atom. The quantitative estimate of drug-likeness (QED) is 0.907. The number of hydrogen-bond donors (Lipinski definition) is 1. The summed E-state index contributed by atoms with van der Waals surface area (Å²) in [5.41, 5.74) is 2.33. The van der Waals surface area contributed by atoms with Gasteiger partial charge < -0.3 is 15.0 Å². The molecule has 2 aliphatic rings. The molecule has 2 heterocycles. The van der Waals surface area contributed by atoms with E-state index in [9.17, 15) is 4.79 Å². The molecule has 0 bridgehead atoms. The molecule has 2 aromatic rings. The van der Waals surface area contributed by atoms with Crippen molar-refractivity contribution in [3.05, 3.63) is 65.7 Å². The minimum atomic E-state index is -0.0927. The Balaban J connectivity index is 1.32. The Bertz CT molecular complexity index is 737. The predicted octanol–water partition coefficient (Wildman–Crippen LogP) is 3.76. The number of ether oxygens (including phenoxy) is 1. The van der Waals surface area contributed by atoms with Crippen LogP contribution in [0.1, 0.15) is 30.4 Å². The normalized spacial score (nSPS) is 18.3. The van der Waals surface area contributed by atoms with Crippen molar-refractivity contribution in [2.45, 2.75) is 37.8 Å². The van der Waals surface area contributed by atoms with E-state index >= 15 is 0 Å². The zero-order chi connectivity index (χ0) is 17.1. The Morgan fingerprint density at radius 3 is 2.52 bits per heavy atom. The molecular weight excluding hydrogens is 312 g/mol. The second-order valence-corrected chi connectivity index (χ2v) is 7.02. The molecule has 1 fully saturated rings. The van der Waals surface area contributed by atoms with Gasteiger partial charge in [-0.2, -0.15) is 0 Å². The molecule has 1 spiro atoms. The molecule has 1 N–H and O–H groups in total. The molecule has 0 aromatic heterocycles. The van der Waals surface area contributed by atoms with Crippen LogP contribution in [0.3, 0.4) is 0 Å². The van der Waals surface area contributed by atoms with Crippen LogP contribution in [-0.2, 0) is 13.0 Å². The van der Waals surface area contributed by atoms with Crippen LogP contribution in [0.2, 0.25) is 0 Å². The summed E-state index contributed by atoms with van der Waals surface area (Å²) < 4.78 is 6.36. The molecule has 2 amide bonds. The summed E-state index contributed by atoms with van der Waals surface area (Å²) in [4.78, 5) is 14.3. The molecule has 0 unspecified atom stereocenters. The zero-order valence-corrected chi connectivity index (χ0v) is 14.4. The Hall–Kier alpha value is -2.49. The zero-order valence-electron chi connectivity index (χ0n) is 14.4. The number of nitrogens with one attached hydrogen (secondary N) is 1. The number of nitrogens with zero attached hydrogens (tertiary/aromatic N) is 1. The fourth-order valence-corrected chi connectivity index (χ4v) is 3.81. The van der Waals surface area contributed by atoms with Crippen LogP contribution in [0.15, 0.2) is 54.6 Å². The van der Waals surface area contributed by atoms with Gasteiger partial charge in [0.25, 0.3) is 0 Å². The van der Waals surface area contributed by atoms with Gasteiger partial charge in [0.15, 0.2) is 0 Å². The van der Waals surface area contributed by atoms with Crippen LogP contribution in [-0.4, -0.2) is 29.6 Å². The first-order chi connectivity index (χ1) is 12.2. The van der Waals surface area contributed by atoms with E-state index in [1.54, 1.807) is 0 Å². The smallest absolute Gasteiger partial charge is 0.317 e. The van der Waals surface area contributed by atoms with Gasteiger partial charge in [0.05, 0.1) is 0 Å². The van der Waals surface area contributed by atoms with E-state index in [4.69, 9.17) is 4.74 Å². The van der Waals surface area contributed by atoms with Crippen molar-refractivity contribution in [2.75, 3.05) is 13.1 Å². The Labute approximate surface area is 148 Å². The fourth-order valence-electron chi connectivity index (χ4n) is 3.81. The summed E-state index contributed by atoms with van der Waals surface area (Å²) in [5, 5.41) is 3.02. The first-order valence-electron chi connectivity index (χ1n) is 9.08. The molecule has 0 saturated carbocycles. The molecular formula is C21H24N2O2. The van der Waals surface area contributed by atoms with Gasteiger partial charge in [-0.05, 0) is 30.0 Å². The van der Waals surface area contributed by atoms with Crippen molar-refractivity contribution in [1.29, 1.82) is 0 Å². The Morgan fingerprint density at radius 1 is 1.00 bits per heavy atom. The van der Waals surface area contributed by atoms with E-state index in [0.29, 0.717) is 6.54 Å². The van der Waals surface area contributed by atoms with Gasteiger partial charge in [0, 0.05) is 32.5 Å². The summed E-state index contributed by atoms with van der Waals surface area (Å²) in [6.45, 7) is 2.08. The number of carbonyl (C=O) groups is 1. The van der Waals surface area contributed by atoms with Gasteiger partial charge in [0.2, 0.25) is 0 Å². The van der Waals surface area contributed by atoms with Crippen LogP contribution in [0.4, 0.5) is 4.79 Å². The van der Waals surface area contributed by atoms with Gasteiger partial charge in [-0.3, -0.25) is 0 Å². The topological polar surface area (TPSA) is 41.6 Å². The maximum Gasteiger partial charge on any atom is 0.317 e. The van der Waals surface area contributed by atoms with Gasteiger partial charge in [0.1, 0.15) is 11.4 Å². The van der Waals surface area contributed by atoms with Gasteiger partial charge >= 0.3 is 6.03 Å². The number of para-hydroxylation sites is 1. The number of benzene rings is 2. The summed E-state index contributed by atoms with van der Waals surface area (Å²) >= 11 is 0. The van der Waals surface area contributed by atoms with E-state index in [2.05, 4.69) is 23.5 Å². The highest BCUT2D eigenvalue weighted by atomic mass is 16.5. The van der Waals surface area contributed by atoms with Crippen LogP contribution in [0.25, 0.3) is 0 Å².